The second-order valence-corrected chi connectivity index (χ2v) is 6.51. The molecule has 4 unspecified atom stereocenters. The summed E-state index contributed by atoms with van der Waals surface area (Å²) in [5.74, 6) is 1.73. The van der Waals surface area contributed by atoms with Gasteiger partial charge < -0.3 is 10.5 Å². The summed E-state index contributed by atoms with van der Waals surface area (Å²) < 4.78 is 5.27. The topological polar surface area (TPSA) is 38.5 Å². The quantitative estimate of drug-likeness (QED) is 0.900. The fourth-order valence-electron chi connectivity index (χ4n) is 3.55. The van der Waals surface area contributed by atoms with E-state index in [1.165, 1.54) is 18.4 Å². The maximum Gasteiger partial charge on any atom is 0.118 e. The zero-order chi connectivity index (χ0) is 15.4. The largest absolute Gasteiger partial charge is 0.497 e. The molecule has 1 fully saturated rings. The molecule has 3 heteroatoms. The Balaban J connectivity index is 2.25. The van der Waals surface area contributed by atoms with Gasteiger partial charge in [0.2, 0.25) is 0 Å². The van der Waals surface area contributed by atoms with Crippen LogP contribution in [0.25, 0.3) is 0 Å². The zero-order valence-electron chi connectivity index (χ0n) is 13.9. The summed E-state index contributed by atoms with van der Waals surface area (Å²) in [6.07, 6.45) is 3.53. The average Bonchev–Trinajstić information content (AvgIpc) is 2.50. The Morgan fingerprint density at radius 3 is 2.48 bits per heavy atom. The van der Waals surface area contributed by atoms with Gasteiger partial charge in [-0.3, -0.25) is 4.90 Å². The van der Waals surface area contributed by atoms with Gasteiger partial charge in [-0.25, -0.2) is 0 Å². The SMILES string of the molecule is CCC(N)C(c1ccc(OC)cc1)N1CCC(C)CC1C. The normalized spacial score (nSPS) is 26.3. The number of hydrogen-bond acceptors (Lipinski definition) is 3. The van der Waals surface area contributed by atoms with Crippen LogP contribution in [0.5, 0.6) is 5.75 Å². The van der Waals surface area contributed by atoms with Crippen LogP contribution in [-0.2, 0) is 0 Å². The number of rotatable bonds is 5. The minimum absolute atomic E-state index is 0.175. The molecule has 2 rings (SSSR count). The first kappa shape index (κ1) is 16.3. The van der Waals surface area contributed by atoms with Gasteiger partial charge in [0, 0.05) is 12.1 Å². The van der Waals surface area contributed by atoms with E-state index in [0.29, 0.717) is 12.1 Å². The molecule has 0 bridgehead atoms. The van der Waals surface area contributed by atoms with Gasteiger partial charge in [0.05, 0.1) is 13.2 Å². The minimum Gasteiger partial charge on any atom is -0.497 e. The molecule has 2 N–H and O–H groups in total. The van der Waals surface area contributed by atoms with Crippen molar-refractivity contribution in [2.45, 2.75) is 58.2 Å². The third-order valence-electron chi connectivity index (χ3n) is 4.88. The molecule has 0 aliphatic carbocycles. The second kappa shape index (κ2) is 7.28. The van der Waals surface area contributed by atoms with Gasteiger partial charge in [-0.15, -0.1) is 0 Å². The van der Waals surface area contributed by atoms with Gasteiger partial charge in [0.15, 0.2) is 0 Å². The standard InChI is InChI=1S/C18H30N2O/c1-5-17(19)18(15-6-8-16(21-4)9-7-15)20-11-10-13(2)12-14(20)3/h6-9,13-14,17-18H,5,10-12,19H2,1-4H3. The van der Waals surface area contributed by atoms with Crippen molar-refractivity contribution in [3.05, 3.63) is 29.8 Å². The second-order valence-electron chi connectivity index (χ2n) is 6.51. The number of nitrogens with zero attached hydrogens (tertiary/aromatic N) is 1. The van der Waals surface area contributed by atoms with Gasteiger partial charge in [-0.1, -0.05) is 26.0 Å². The van der Waals surface area contributed by atoms with Crippen LogP contribution >= 0.6 is 0 Å². The molecule has 1 saturated heterocycles. The first-order valence-corrected chi connectivity index (χ1v) is 8.22. The first-order valence-electron chi connectivity index (χ1n) is 8.22. The van der Waals surface area contributed by atoms with E-state index in [2.05, 4.69) is 37.8 Å². The average molecular weight is 290 g/mol. The molecule has 0 aromatic heterocycles. The molecule has 1 aromatic rings. The molecule has 4 atom stereocenters. The van der Waals surface area contributed by atoms with E-state index in [1.54, 1.807) is 7.11 Å². The molecular formula is C18H30N2O. The van der Waals surface area contributed by atoms with E-state index < -0.39 is 0 Å². The maximum absolute atomic E-state index is 6.47. The highest BCUT2D eigenvalue weighted by Gasteiger charge is 2.32. The fraction of sp³-hybridized carbons (Fsp3) is 0.667. The molecule has 0 amide bonds. The van der Waals surface area contributed by atoms with Gasteiger partial charge >= 0.3 is 0 Å². The Bertz CT molecular complexity index is 431. The molecule has 1 heterocycles. The Hall–Kier alpha value is -1.06. The highest BCUT2D eigenvalue weighted by Crippen LogP contribution is 2.33. The number of benzene rings is 1. The van der Waals surface area contributed by atoms with E-state index in [1.807, 2.05) is 12.1 Å². The van der Waals surface area contributed by atoms with Crippen LogP contribution in [0.2, 0.25) is 0 Å². The highest BCUT2D eigenvalue weighted by molar-refractivity contribution is 5.30. The summed E-state index contributed by atoms with van der Waals surface area (Å²) in [5.41, 5.74) is 7.79. The van der Waals surface area contributed by atoms with Crippen LogP contribution < -0.4 is 10.5 Å². The zero-order valence-corrected chi connectivity index (χ0v) is 13.9. The van der Waals surface area contributed by atoms with Crippen molar-refractivity contribution < 1.29 is 4.74 Å². The summed E-state index contributed by atoms with van der Waals surface area (Å²) in [4.78, 5) is 2.61. The van der Waals surface area contributed by atoms with Crippen molar-refractivity contribution in [3.8, 4) is 5.75 Å². The van der Waals surface area contributed by atoms with Crippen molar-refractivity contribution in [2.24, 2.45) is 11.7 Å². The summed E-state index contributed by atoms with van der Waals surface area (Å²) >= 11 is 0. The molecule has 1 aliphatic rings. The first-order chi connectivity index (χ1) is 10.1. The van der Waals surface area contributed by atoms with Gasteiger partial charge in [0.25, 0.3) is 0 Å². The monoisotopic (exact) mass is 290 g/mol. The van der Waals surface area contributed by atoms with Crippen LogP contribution in [0.1, 0.15) is 51.6 Å². The van der Waals surface area contributed by atoms with Crippen LogP contribution in [0.4, 0.5) is 0 Å². The molecular weight excluding hydrogens is 260 g/mol. The lowest BCUT2D eigenvalue weighted by Gasteiger charge is -2.44. The number of likely N-dealkylation sites (tertiary alicyclic amines) is 1. The van der Waals surface area contributed by atoms with Gasteiger partial charge in [-0.2, -0.15) is 0 Å². The smallest absolute Gasteiger partial charge is 0.118 e. The van der Waals surface area contributed by atoms with Crippen molar-refractivity contribution in [1.29, 1.82) is 0 Å². The van der Waals surface area contributed by atoms with Crippen molar-refractivity contribution in [2.75, 3.05) is 13.7 Å². The molecule has 1 aromatic carbocycles. The third-order valence-corrected chi connectivity index (χ3v) is 4.88. The Morgan fingerprint density at radius 2 is 1.95 bits per heavy atom. The lowest BCUT2D eigenvalue weighted by Crippen LogP contribution is -2.48. The van der Waals surface area contributed by atoms with E-state index in [0.717, 1.165) is 24.6 Å². The van der Waals surface area contributed by atoms with E-state index in [-0.39, 0.29) is 6.04 Å². The maximum atomic E-state index is 6.47. The number of piperidine rings is 1. The molecule has 0 spiro atoms. The number of ether oxygens (including phenoxy) is 1. The highest BCUT2D eigenvalue weighted by atomic mass is 16.5. The summed E-state index contributed by atoms with van der Waals surface area (Å²) in [5, 5.41) is 0. The predicted octanol–water partition coefficient (Wildman–Crippen LogP) is 3.59. The molecule has 21 heavy (non-hydrogen) atoms. The number of hydrogen-bond donors (Lipinski definition) is 1. The van der Waals surface area contributed by atoms with Crippen LogP contribution in [0.15, 0.2) is 24.3 Å². The fourth-order valence-corrected chi connectivity index (χ4v) is 3.55. The number of nitrogens with two attached hydrogens (primary N) is 1. The summed E-state index contributed by atoms with van der Waals surface area (Å²) in [7, 11) is 1.71. The molecule has 3 nitrogen and oxygen atoms in total. The van der Waals surface area contributed by atoms with Crippen molar-refractivity contribution in [1.82, 2.24) is 4.90 Å². The van der Waals surface area contributed by atoms with E-state index >= 15 is 0 Å². The lowest BCUT2D eigenvalue weighted by atomic mass is 9.88. The van der Waals surface area contributed by atoms with Crippen molar-refractivity contribution in [3.63, 3.8) is 0 Å². The predicted molar refractivity (Wildman–Crippen MR) is 88.6 cm³/mol. The molecule has 0 radical (unpaired) electrons. The minimum atomic E-state index is 0.175. The lowest BCUT2D eigenvalue weighted by molar-refractivity contribution is 0.0672. The van der Waals surface area contributed by atoms with Crippen LogP contribution in [0.3, 0.4) is 0 Å². The Labute approximate surface area is 129 Å². The van der Waals surface area contributed by atoms with E-state index in [4.69, 9.17) is 10.5 Å². The third kappa shape index (κ3) is 3.78. The van der Waals surface area contributed by atoms with E-state index in [9.17, 15) is 0 Å². The number of methoxy groups -OCH3 is 1. The summed E-state index contributed by atoms with van der Waals surface area (Å²) in [6.45, 7) is 8.02. The van der Waals surface area contributed by atoms with Gasteiger partial charge in [0.1, 0.15) is 5.75 Å². The molecule has 1 aliphatic heterocycles. The van der Waals surface area contributed by atoms with Gasteiger partial charge in [-0.05, 0) is 56.3 Å². The van der Waals surface area contributed by atoms with Crippen LogP contribution in [0, 0.1) is 5.92 Å². The Kier molecular flexibility index (Phi) is 5.65. The molecule has 0 saturated carbocycles. The van der Waals surface area contributed by atoms with Crippen molar-refractivity contribution >= 4 is 0 Å². The molecule has 118 valence electrons. The van der Waals surface area contributed by atoms with Crippen LogP contribution in [-0.4, -0.2) is 30.6 Å². The summed E-state index contributed by atoms with van der Waals surface area (Å²) in [6, 6.07) is 9.51. The Morgan fingerprint density at radius 1 is 1.29 bits per heavy atom.